The lowest BCUT2D eigenvalue weighted by atomic mass is 9.74. The zero-order chi connectivity index (χ0) is 14.2. The van der Waals surface area contributed by atoms with Gasteiger partial charge in [0.25, 0.3) is 0 Å². The number of nitrogens with one attached hydrogen (secondary N) is 1. The van der Waals surface area contributed by atoms with Crippen molar-refractivity contribution in [2.45, 2.75) is 57.7 Å². The molecule has 1 heterocycles. The highest BCUT2D eigenvalue weighted by Crippen LogP contribution is 2.43. The fourth-order valence-electron chi connectivity index (χ4n) is 3.77. The van der Waals surface area contributed by atoms with E-state index in [0.717, 1.165) is 6.54 Å². The molecule has 3 rings (SSSR count). The lowest BCUT2D eigenvalue weighted by Crippen LogP contribution is -2.63. The first-order valence-electron chi connectivity index (χ1n) is 8.15. The summed E-state index contributed by atoms with van der Waals surface area (Å²) < 4.78 is 0. The maximum absolute atomic E-state index is 3.78. The molecule has 2 fully saturated rings. The summed E-state index contributed by atoms with van der Waals surface area (Å²) in [6.07, 6.45) is 4.12. The fourth-order valence-corrected chi connectivity index (χ4v) is 3.77. The number of hydrogen-bond acceptors (Lipinski definition) is 2. The van der Waals surface area contributed by atoms with E-state index >= 15 is 0 Å². The van der Waals surface area contributed by atoms with E-state index in [0.29, 0.717) is 23.5 Å². The van der Waals surface area contributed by atoms with Gasteiger partial charge in [-0.3, -0.25) is 4.90 Å². The Morgan fingerprint density at radius 2 is 1.90 bits per heavy atom. The summed E-state index contributed by atoms with van der Waals surface area (Å²) in [5, 5.41) is 3.78. The number of hydrogen-bond donors (Lipinski definition) is 1. The smallest absolute Gasteiger partial charge is 0.0478 e. The minimum atomic E-state index is 0.426. The predicted octanol–water partition coefficient (Wildman–Crippen LogP) is 3.60. The van der Waals surface area contributed by atoms with Gasteiger partial charge in [0.05, 0.1) is 0 Å². The molecule has 0 aromatic heterocycles. The molecule has 1 saturated carbocycles. The second kappa shape index (κ2) is 5.50. The highest BCUT2D eigenvalue weighted by Gasteiger charge is 2.44. The van der Waals surface area contributed by atoms with Crippen molar-refractivity contribution in [1.82, 2.24) is 10.2 Å². The molecule has 1 aromatic rings. The second-order valence-corrected chi connectivity index (χ2v) is 7.19. The molecule has 20 heavy (non-hydrogen) atoms. The van der Waals surface area contributed by atoms with Crippen LogP contribution in [0.4, 0.5) is 0 Å². The van der Waals surface area contributed by atoms with Crippen molar-refractivity contribution in [3.8, 4) is 0 Å². The molecule has 2 aliphatic rings. The molecule has 1 aromatic carbocycles. The van der Waals surface area contributed by atoms with E-state index in [1.807, 2.05) is 0 Å². The molecule has 2 unspecified atom stereocenters. The van der Waals surface area contributed by atoms with E-state index in [1.165, 1.54) is 31.4 Å². The van der Waals surface area contributed by atoms with Crippen LogP contribution < -0.4 is 5.32 Å². The molecule has 0 spiro atoms. The van der Waals surface area contributed by atoms with Crippen LogP contribution in [0.2, 0.25) is 0 Å². The largest absolute Gasteiger partial charge is 0.311 e. The average molecular weight is 272 g/mol. The van der Waals surface area contributed by atoms with Gasteiger partial charge in [-0.1, -0.05) is 44.2 Å². The van der Waals surface area contributed by atoms with E-state index in [1.54, 1.807) is 0 Å². The van der Waals surface area contributed by atoms with E-state index < -0.39 is 0 Å². The van der Waals surface area contributed by atoms with Crippen molar-refractivity contribution >= 4 is 0 Å². The molecule has 2 nitrogen and oxygen atoms in total. The number of rotatable bonds is 3. The van der Waals surface area contributed by atoms with Crippen molar-refractivity contribution in [3.05, 3.63) is 35.9 Å². The summed E-state index contributed by atoms with van der Waals surface area (Å²) in [4.78, 5) is 2.80. The third kappa shape index (κ3) is 2.51. The topological polar surface area (TPSA) is 15.3 Å². The predicted molar refractivity (Wildman–Crippen MR) is 84.8 cm³/mol. The molecule has 1 N–H and O–H groups in total. The molecule has 2 heteroatoms. The Kier molecular flexibility index (Phi) is 3.87. The lowest BCUT2D eigenvalue weighted by Gasteiger charge is -2.55. The molecule has 2 atom stereocenters. The van der Waals surface area contributed by atoms with Crippen LogP contribution in [0.1, 0.15) is 51.6 Å². The highest BCUT2D eigenvalue weighted by atomic mass is 15.3. The van der Waals surface area contributed by atoms with Gasteiger partial charge < -0.3 is 5.32 Å². The van der Waals surface area contributed by atoms with Gasteiger partial charge in [-0.15, -0.1) is 0 Å². The van der Waals surface area contributed by atoms with Crippen LogP contribution in [0, 0.1) is 5.92 Å². The van der Waals surface area contributed by atoms with Gasteiger partial charge >= 0.3 is 0 Å². The van der Waals surface area contributed by atoms with E-state index in [2.05, 4.69) is 61.3 Å². The molecule has 110 valence electrons. The molecule has 0 bridgehead atoms. The maximum atomic E-state index is 3.78. The van der Waals surface area contributed by atoms with Crippen LogP contribution in [0.5, 0.6) is 0 Å². The van der Waals surface area contributed by atoms with Crippen molar-refractivity contribution in [1.29, 1.82) is 0 Å². The van der Waals surface area contributed by atoms with Gasteiger partial charge in [0, 0.05) is 30.7 Å². The van der Waals surface area contributed by atoms with Crippen LogP contribution in [0.25, 0.3) is 0 Å². The Morgan fingerprint density at radius 3 is 2.45 bits per heavy atom. The molecule has 1 saturated heterocycles. The van der Waals surface area contributed by atoms with Gasteiger partial charge in [0.1, 0.15) is 0 Å². The summed E-state index contributed by atoms with van der Waals surface area (Å²) in [6.45, 7) is 9.41. The summed E-state index contributed by atoms with van der Waals surface area (Å²) >= 11 is 0. The van der Waals surface area contributed by atoms with Gasteiger partial charge in [-0.05, 0) is 37.7 Å². The normalized spacial score (nSPS) is 30.2. The van der Waals surface area contributed by atoms with E-state index in [9.17, 15) is 0 Å². The minimum absolute atomic E-state index is 0.426. The quantitative estimate of drug-likeness (QED) is 0.904. The first-order valence-corrected chi connectivity index (χ1v) is 8.15. The van der Waals surface area contributed by atoms with Crippen LogP contribution in [-0.4, -0.2) is 29.6 Å². The van der Waals surface area contributed by atoms with Crippen LogP contribution in [0.15, 0.2) is 30.3 Å². The van der Waals surface area contributed by atoms with Gasteiger partial charge in [-0.2, -0.15) is 0 Å². The van der Waals surface area contributed by atoms with Gasteiger partial charge in [0.15, 0.2) is 0 Å². The maximum Gasteiger partial charge on any atom is 0.0478 e. The van der Waals surface area contributed by atoms with Crippen LogP contribution >= 0.6 is 0 Å². The monoisotopic (exact) mass is 272 g/mol. The highest BCUT2D eigenvalue weighted by molar-refractivity contribution is 5.22. The summed E-state index contributed by atoms with van der Waals surface area (Å²) in [7, 11) is 0. The third-order valence-corrected chi connectivity index (χ3v) is 5.46. The summed E-state index contributed by atoms with van der Waals surface area (Å²) in [6, 6.07) is 12.2. The zero-order valence-corrected chi connectivity index (χ0v) is 13.1. The first kappa shape index (κ1) is 14.1. The lowest BCUT2D eigenvalue weighted by molar-refractivity contribution is -0.0348. The third-order valence-electron chi connectivity index (χ3n) is 5.46. The standard InChI is InChI=1S/C18H28N2/c1-14(2)16-13-20(18(3)10-7-11-18)17(12-19-16)15-8-5-4-6-9-15/h4-6,8-9,14,16-17,19H,7,10-13H2,1-3H3. The van der Waals surface area contributed by atoms with Gasteiger partial charge in [0.2, 0.25) is 0 Å². The molecular weight excluding hydrogens is 244 g/mol. The number of piperazine rings is 1. The van der Waals surface area contributed by atoms with E-state index in [-0.39, 0.29) is 0 Å². The minimum Gasteiger partial charge on any atom is -0.311 e. The van der Waals surface area contributed by atoms with Crippen molar-refractivity contribution in [3.63, 3.8) is 0 Å². The molecule has 0 amide bonds. The summed E-state index contributed by atoms with van der Waals surface area (Å²) in [5.41, 5.74) is 1.89. The Hall–Kier alpha value is -0.860. The van der Waals surface area contributed by atoms with E-state index in [4.69, 9.17) is 0 Å². The summed E-state index contributed by atoms with van der Waals surface area (Å²) in [5.74, 6) is 0.706. The van der Waals surface area contributed by atoms with Crippen molar-refractivity contribution in [2.75, 3.05) is 13.1 Å². The Morgan fingerprint density at radius 1 is 1.20 bits per heavy atom. The fraction of sp³-hybridized carbons (Fsp3) is 0.667. The Bertz CT molecular complexity index is 436. The molecule has 1 aliphatic carbocycles. The number of benzene rings is 1. The zero-order valence-electron chi connectivity index (χ0n) is 13.1. The van der Waals surface area contributed by atoms with Crippen LogP contribution in [-0.2, 0) is 0 Å². The first-order chi connectivity index (χ1) is 9.60. The molecule has 1 aliphatic heterocycles. The molecule has 0 radical (unpaired) electrons. The van der Waals surface area contributed by atoms with Crippen molar-refractivity contribution in [2.24, 2.45) is 5.92 Å². The van der Waals surface area contributed by atoms with Crippen LogP contribution in [0.3, 0.4) is 0 Å². The van der Waals surface area contributed by atoms with Gasteiger partial charge in [-0.25, -0.2) is 0 Å². The average Bonchev–Trinajstić information content (AvgIpc) is 2.45. The Balaban J connectivity index is 1.85. The Labute approximate surface area is 123 Å². The SMILES string of the molecule is CC(C)C1CN(C2(C)CCC2)C(c2ccccc2)CN1. The second-order valence-electron chi connectivity index (χ2n) is 7.19. The molecular formula is C18H28N2. The van der Waals surface area contributed by atoms with Crippen molar-refractivity contribution < 1.29 is 0 Å². The number of nitrogens with zero attached hydrogens (tertiary/aromatic N) is 1.